The highest BCUT2D eigenvalue weighted by Gasteiger charge is 2.03. The maximum absolute atomic E-state index is 5.37. The predicted molar refractivity (Wildman–Crippen MR) is 60.7 cm³/mol. The Bertz CT molecular complexity index is 467. The van der Waals surface area contributed by atoms with Crippen LogP contribution in [0.4, 0.5) is 6.01 Å². The second-order valence-corrected chi connectivity index (χ2v) is 3.55. The van der Waals surface area contributed by atoms with Crippen LogP contribution in [-0.4, -0.2) is 10.2 Å². The van der Waals surface area contributed by atoms with E-state index in [0.29, 0.717) is 18.5 Å². The van der Waals surface area contributed by atoms with Gasteiger partial charge in [-0.2, -0.15) is 0 Å². The minimum Gasteiger partial charge on any atom is -0.407 e. The van der Waals surface area contributed by atoms with Crippen molar-refractivity contribution in [2.75, 3.05) is 5.32 Å². The fourth-order valence-corrected chi connectivity index (χ4v) is 1.41. The second kappa shape index (κ2) is 4.76. The van der Waals surface area contributed by atoms with E-state index in [2.05, 4.69) is 34.6 Å². The third-order valence-electron chi connectivity index (χ3n) is 2.17. The minimum atomic E-state index is 0.263. The molecule has 1 aromatic carbocycles. The van der Waals surface area contributed by atoms with Gasteiger partial charge in [0.1, 0.15) is 0 Å². The molecule has 5 heteroatoms. The molecule has 1 aromatic heterocycles. The first-order chi connectivity index (χ1) is 7.78. The standard InChI is InChI=1S/C11H14N4O/c1-8-3-2-4-9(5-8)7-13-11-15-14-10(6-12)16-11/h2-5H,6-7,12H2,1H3,(H,13,15). The summed E-state index contributed by atoms with van der Waals surface area (Å²) in [7, 11) is 0. The Morgan fingerprint density at radius 2 is 2.25 bits per heavy atom. The van der Waals surface area contributed by atoms with Crippen LogP contribution < -0.4 is 11.1 Å². The quantitative estimate of drug-likeness (QED) is 0.812. The van der Waals surface area contributed by atoms with Crippen molar-refractivity contribution < 1.29 is 4.42 Å². The van der Waals surface area contributed by atoms with Crippen LogP contribution in [0.5, 0.6) is 0 Å². The number of benzene rings is 1. The van der Waals surface area contributed by atoms with Gasteiger partial charge in [0.15, 0.2) is 0 Å². The van der Waals surface area contributed by atoms with Crippen LogP contribution in [-0.2, 0) is 13.1 Å². The molecule has 5 nitrogen and oxygen atoms in total. The van der Waals surface area contributed by atoms with Gasteiger partial charge >= 0.3 is 6.01 Å². The summed E-state index contributed by atoms with van der Waals surface area (Å²) in [6.45, 7) is 2.98. The molecule has 0 amide bonds. The van der Waals surface area contributed by atoms with Crippen molar-refractivity contribution >= 4 is 6.01 Å². The zero-order chi connectivity index (χ0) is 11.4. The lowest BCUT2D eigenvalue weighted by molar-refractivity contribution is 0.507. The summed E-state index contributed by atoms with van der Waals surface area (Å²) in [5, 5.41) is 10.6. The number of aromatic nitrogens is 2. The van der Waals surface area contributed by atoms with E-state index in [4.69, 9.17) is 10.2 Å². The van der Waals surface area contributed by atoms with Crippen LogP contribution in [0.3, 0.4) is 0 Å². The van der Waals surface area contributed by atoms with E-state index in [1.807, 2.05) is 12.1 Å². The van der Waals surface area contributed by atoms with Crippen LogP contribution >= 0.6 is 0 Å². The van der Waals surface area contributed by atoms with Crippen molar-refractivity contribution in [2.24, 2.45) is 5.73 Å². The van der Waals surface area contributed by atoms with Gasteiger partial charge < -0.3 is 15.5 Å². The molecule has 0 saturated carbocycles. The summed E-state index contributed by atoms with van der Waals surface area (Å²) in [5.41, 5.74) is 7.77. The lowest BCUT2D eigenvalue weighted by atomic mass is 10.1. The van der Waals surface area contributed by atoms with Crippen molar-refractivity contribution in [3.8, 4) is 0 Å². The molecule has 0 aliphatic rings. The van der Waals surface area contributed by atoms with Crippen LogP contribution in [0.2, 0.25) is 0 Å². The first kappa shape index (κ1) is 10.6. The van der Waals surface area contributed by atoms with Gasteiger partial charge in [-0.1, -0.05) is 34.9 Å². The van der Waals surface area contributed by atoms with E-state index in [1.165, 1.54) is 11.1 Å². The smallest absolute Gasteiger partial charge is 0.315 e. The number of nitrogens with one attached hydrogen (secondary N) is 1. The fourth-order valence-electron chi connectivity index (χ4n) is 1.41. The summed E-state index contributed by atoms with van der Waals surface area (Å²) in [5.74, 6) is 0.437. The molecule has 0 unspecified atom stereocenters. The van der Waals surface area contributed by atoms with Crippen molar-refractivity contribution in [3.05, 3.63) is 41.3 Å². The molecular weight excluding hydrogens is 204 g/mol. The van der Waals surface area contributed by atoms with Crippen LogP contribution in [0.1, 0.15) is 17.0 Å². The van der Waals surface area contributed by atoms with E-state index in [9.17, 15) is 0 Å². The van der Waals surface area contributed by atoms with Crippen molar-refractivity contribution in [1.82, 2.24) is 10.2 Å². The van der Waals surface area contributed by atoms with Gasteiger partial charge in [0.2, 0.25) is 5.89 Å². The number of anilines is 1. The van der Waals surface area contributed by atoms with Gasteiger partial charge in [0, 0.05) is 6.54 Å². The first-order valence-electron chi connectivity index (χ1n) is 5.10. The second-order valence-electron chi connectivity index (χ2n) is 3.55. The van der Waals surface area contributed by atoms with Gasteiger partial charge in [0.25, 0.3) is 0 Å². The normalized spacial score (nSPS) is 10.4. The summed E-state index contributed by atoms with van der Waals surface area (Å²) in [6, 6.07) is 8.63. The van der Waals surface area contributed by atoms with Crippen LogP contribution in [0.15, 0.2) is 28.7 Å². The monoisotopic (exact) mass is 218 g/mol. The van der Waals surface area contributed by atoms with E-state index >= 15 is 0 Å². The molecule has 0 atom stereocenters. The average Bonchev–Trinajstić information content (AvgIpc) is 2.74. The number of aryl methyl sites for hydroxylation is 1. The van der Waals surface area contributed by atoms with Gasteiger partial charge in [-0.05, 0) is 12.5 Å². The van der Waals surface area contributed by atoms with Gasteiger partial charge in [-0.15, -0.1) is 5.10 Å². The molecule has 2 aromatic rings. The SMILES string of the molecule is Cc1cccc(CNc2nnc(CN)o2)c1. The van der Waals surface area contributed by atoms with E-state index in [1.54, 1.807) is 0 Å². The van der Waals surface area contributed by atoms with Crippen molar-refractivity contribution in [3.63, 3.8) is 0 Å². The first-order valence-corrected chi connectivity index (χ1v) is 5.10. The molecular formula is C11H14N4O. The molecule has 0 aliphatic heterocycles. The summed E-state index contributed by atoms with van der Waals surface area (Å²) >= 11 is 0. The minimum absolute atomic E-state index is 0.263. The zero-order valence-electron chi connectivity index (χ0n) is 9.10. The van der Waals surface area contributed by atoms with Gasteiger partial charge in [0.05, 0.1) is 6.54 Å². The average molecular weight is 218 g/mol. The zero-order valence-corrected chi connectivity index (χ0v) is 9.10. The Balaban J connectivity index is 1.96. The molecule has 0 spiro atoms. The molecule has 0 aliphatic carbocycles. The highest BCUT2D eigenvalue weighted by atomic mass is 16.4. The topological polar surface area (TPSA) is 77.0 Å². The molecule has 84 valence electrons. The molecule has 0 fully saturated rings. The lowest BCUT2D eigenvalue weighted by Gasteiger charge is -2.02. The molecule has 0 radical (unpaired) electrons. The molecule has 3 N–H and O–H groups in total. The Labute approximate surface area is 93.7 Å². The van der Waals surface area contributed by atoms with Crippen molar-refractivity contribution in [1.29, 1.82) is 0 Å². The molecule has 16 heavy (non-hydrogen) atoms. The van der Waals surface area contributed by atoms with Gasteiger partial charge in [-0.25, -0.2) is 0 Å². The molecule has 0 saturated heterocycles. The Kier molecular flexibility index (Phi) is 3.16. The van der Waals surface area contributed by atoms with Crippen LogP contribution in [0, 0.1) is 6.92 Å². The fraction of sp³-hybridized carbons (Fsp3) is 0.273. The number of hydrogen-bond donors (Lipinski definition) is 2. The largest absolute Gasteiger partial charge is 0.407 e. The highest BCUT2D eigenvalue weighted by molar-refractivity contribution is 5.26. The van der Waals surface area contributed by atoms with E-state index < -0.39 is 0 Å². The predicted octanol–water partition coefficient (Wildman–Crippen LogP) is 1.45. The summed E-state index contributed by atoms with van der Waals surface area (Å²) < 4.78 is 5.23. The van der Waals surface area contributed by atoms with Gasteiger partial charge in [-0.3, -0.25) is 0 Å². The number of hydrogen-bond acceptors (Lipinski definition) is 5. The molecule has 0 bridgehead atoms. The Hall–Kier alpha value is -1.88. The number of nitrogens with zero attached hydrogens (tertiary/aromatic N) is 2. The third kappa shape index (κ3) is 2.58. The van der Waals surface area contributed by atoms with Crippen molar-refractivity contribution in [2.45, 2.75) is 20.0 Å². The Morgan fingerprint density at radius 3 is 2.94 bits per heavy atom. The molecule has 2 rings (SSSR count). The van der Waals surface area contributed by atoms with Crippen LogP contribution in [0.25, 0.3) is 0 Å². The maximum Gasteiger partial charge on any atom is 0.315 e. The lowest BCUT2D eigenvalue weighted by Crippen LogP contribution is -1.99. The summed E-state index contributed by atoms with van der Waals surface area (Å²) in [6.07, 6.45) is 0. The number of nitrogens with two attached hydrogens (primary N) is 1. The third-order valence-corrected chi connectivity index (χ3v) is 2.17. The van der Waals surface area contributed by atoms with E-state index in [0.717, 1.165) is 0 Å². The summed E-state index contributed by atoms with van der Waals surface area (Å²) in [4.78, 5) is 0. The molecule has 1 heterocycles. The van der Waals surface area contributed by atoms with E-state index in [-0.39, 0.29) is 6.54 Å². The maximum atomic E-state index is 5.37. The number of rotatable bonds is 4. The highest BCUT2D eigenvalue weighted by Crippen LogP contribution is 2.08. The Morgan fingerprint density at radius 1 is 1.38 bits per heavy atom.